The molecule has 2 fully saturated rings. The summed E-state index contributed by atoms with van der Waals surface area (Å²) in [5.74, 6) is 0.645. The maximum atomic E-state index is 12.7. The van der Waals surface area contributed by atoms with Crippen LogP contribution >= 0.6 is 0 Å². The van der Waals surface area contributed by atoms with E-state index in [4.69, 9.17) is 0 Å². The molecule has 2 saturated heterocycles. The predicted molar refractivity (Wildman–Crippen MR) is 82.9 cm³/mol. The molecule has 2 aliphatic rings. The summed E-state index contributed by atoms with van der Waals surface area (Å²) in [5, 5.41) is 2.90. The number of piperazine rings is 1. The summed E-state index contributed by atoms with van der Waals surface area (Å²) in [5.41, 5.74) is 0. The largest absolute Gasteiger partial charge is 0.343 e. The van der Waals surface area contributed by atoms with Gasteiger partial charge in [0.2, 0.25) is 11.8 Å². The molecule has 5 nitrogen and oxygen atoms in total. The molecule has 21 heavy (non-hydrogen) atoms. The second-order valence-corrected chi connectivity index (χ2v) is 6.53. The monoisotopic (exact) mass is 295 g/mol. The summed E-state index contributed by atoms with van der Waals surface area (Å²) < 4.78 is 0. The maximum Gasteiger partial charge on any atom is 0.245 e. The van der Waals surface area contributed by atoms with E-state index in [-0.39, 0.29) is 23.9 Å². The first-order valence-electron chi connectivity index (χ1n) is 8.36. The van der Waals surface area contributed by atoms with Crippen molar-refractivity contribution in [1.29, 1.82) is 0 Å². The van der Waals surface area contributed by atoms with Crippen molar-refractivity contribution in [3.05, 3.63) is 0 Å². The Morgan fingerprint density at radius 3 is 2.67 bits per heavy atom. The number of carbonyl (C=O) groups is 2. The Hall–Kier alpha value is -1.10. The highest BCUT2D eigenvalue weighted by Gasteiger charge is 2.40. The highest BCUT2D eigenvalue weighted by Crippen LogP contribution is 2.22. The van der Waals surface area contributed by atoms with Gasteiger partial charge in [-0.05, 0) is 45.2 Å². The molecule has 0 radical (unpaired) electrons. The van der Waals surface area contributed by atoms with Crippen molar-refractivity contribution in [2.24, 2.45) is 5.92 Å². The van der Waals surface area contributed by atoms with E-state index < -0.39 is 0 Å². The van der Waals surface area contributed by atoms with Crippen LogP contribution in [0.3, 0.4) is 0 Å². The fourth-order valence-electron chi connectivity index (χ4n) is 3.63. The Bertz CT molecular complexity index is 386. The van der Waals surface area contributed by atoms with E-state index in [1.807, 2.05) is 18.7 Å². The predicted octanol–water partition coefficient (Wildman–Crippen LogP) is 1.23. The standard InChI is InChI=1S/C16H29N3O2/c1-4-7-13-16(21)19(14(5-2)15(20)17-13)11-12-8-6-9-18(3)10-12/h12-14H,4-11H2,1-3H3,(H,17,20). The van der Waals surface area contributed by atoms with Crippen molar-refractivity contribution >= 4 is 11.8 Å². The third kappa shape index (κ3) is 3.76. The molecule has 0 saturated carbocycles. The molecule has 0 aromatic heterocycles. The first-order valence-corrected chi connectivity index (χ1v) is 8.36. The Morgan fingerprint density at radius 2 is 2.05 bits per heavy atom. The molecule has 3 atom stereocenters. The van der Waals surface area contributed by atoms with Crippen LogP contribution < -0.4 is 5.32 Å². The van der Waals surface area contributed by atoms with E-state index in [9.17, 15) is 9.59 Å². The number of nitrogens with one attached hydrogen (secondary N) is 1. The van der Waals surface area contributed by atoms with Gasteiger partial charge in [-0.2, -0.15) is 0 Å². The van der Waals surface area contributed by atoms with Gasteiger partial charge in [0.1, 0.15) is 12.1 Å². The van der Waals surface area contributed by atoms with E-state index in [0.717, 1.165) is 38.9 Å². The van der Waals surface area contributed by atoms with Gasteiger partial charge < -0.3 is 15.1 Å². The van der Waals surface area contributed by atoms with Crippen molar-refractivity contribution in [1.82, 2.24) is 15.1 Å². The number of hydrogen-bond acceptors (Lipinski definition) is 3. The van der Waals surface area contributed by atoms with Crippen molar-refractivity contribution in [2.75, 3.05) is 26.7 Å². The van der Waals surface area contributed by atoms with Crippen molar-refractivity contribution in [3.63, 3.8) is 0 Å². The van der Waals surface area contributed by atoms with Crippen LogP contribution in [-0.2, 0) is 9.59 Å². The lowest BCUT2D eigenvalue weighted by Crippen LogP contribution is -2.64. The molecule has 2 aliphatic heterocycles. The fourth-order valence-corrected chi connectivity index (χ4v) is 3.63. The van der Waals surface area contributed by atoms with Gasteiger partial charge in [0, 0.05) is 13.1 Å². The van der Waals surface area contributed by atoms with Crippen LogP contribution in [-0.4, -0.2) is 60.4 Å². The Morgan fingerprint density at radius 1 is 1.29 bits per heavy atom. The zero-order valence-electron chi connectivity index (χ0n) is 13.6. The van der Waals surface area contributed by atoms with Crippen LogP contribution in [0.4, 0.5) is 0 Å². The molecule has 0 spiro atoms. The number of carbonyl (C=O) groups excluding carboxylic acids is 2. The van der Waals surface area contributed by atoms with Crippen LogP contribution in [0.1, 0.15) is 46.0 Å². The summed E-state index contributed by atoms with van der Waals surface area (Å²) in [6.45, 7) is 6.93. The smallest absolute Gasteiger partial charge is 0.245 e. The second-order valence-electron chi connectivity index (χ2n) is 6.53. The highest BCUT2D eigenvalue weighted by atomic mass is 16.2. The summed E-state index contributed by atoms with van der Waals surface area (Å²) in [6, 6.07) is -0.593. The van der Waals surface area contributed by atoms with Gasteiger partial charge in [-0.25, -0.2) is 0 Å². The van der Waals surface area contributed by atoms with Gasteiger partial charge in [0.15, 0.2) is 0 Å². The lowest BCUT2D eigenvalue weighted by Gasteiger charge is -2.42. The van der Waals surface area contributed by atoms with Gasteiger partial charge in [-0.1, -0.05) is 20.3 Å². The Balaban J connectivity index is 2.07. The number of hydrogen-bond donors (Lipinski definition) is 1. The van der Waals surface area contributed by atoms with Crippen LogP contribution in [0, 0.1) is 5.92 Å². The van der Waals surface area contributed by atoms with Gasteiger partial charge in [0.25, 0.3) is 0 Å². The van der Waals surface area contributed by atoms with E-state index in [0.29, 0.717) is 12.3 Å². The molecule has 0 aromatic rings. The quantitative estimate of drug-likeness (QED) is 0.830. The third-order valence-corrected chi connectivity index (χ3v) is 4.72. The SMILES string of the molecule is CCCC1NC(=O)C(CC)N(CC2CCCN(C)C2)C1=O. The second kappa shape index (κ2) is 7.25. The normalized spacial score (nSPS) is 31.4. The topological polar surface area (TPSA) is 52.7 Å². The van der Waals surface area contributed by atoms with Gasteiger partial charge in [-0.3, -0.25) is 9.59 Å². The molecular formula is C16H29N3O2. The molecule has 2 heterocycles. The first kappa shape index (κ1) is 16.3. The minimum Gasteiger partial charge on any atom is -0.343 e. The summed E-state index contributed by atoms with van der Waals surface area (Å²) >= 11 is 0. The van der Waals surface area contributed by atoms with Crippen LogP contribution in [0.25, 0.3) is 0 Å². The van der Waals surface area contributed by atoms with Gasteiger partial charge in [-0.15, -0.1) is 0 Å². The molecular weight excluding hydrogens is 266 g/mol. The zero-order chi connectivity index (χ0) is 15.4. The van der Waals surface area contributed by atoms with Gasteiger partial charge in [0.05, 0.1) is 0 Å². The van der Waals surface area contributed by atoms with E-state index in [1.54, 1.807) is 0 Å². The van der Waals surface area contributed by atoms with Crippen LogP contribution in [0.5, 0.6) is 0 Å². The van der Waals surface area contributed by atoms with Crippen molar-refractivity contribution < 1.29 is 9.59 Å². The molecule has 2 rings (SSSR count). The minimum atomic E-state index is -0.313. The number of nitrogens with zero attached hydrogens (tertiary/aromatic N) is 2. The zero-order valence-corrected chi connectivity index (χ0v) is 13.6. The molecule has 120 valence electrons. The van der Waals surface area contributed by atoms with Crippen LogP contribution in [0.15, 0.2) is 0 Å². The average Bonchev–Trinajstić information content (AvgIpc) is 2.45. The van der Waals surface area contributed by atoms with Gasteiger partial charge >= 0.3 is 0 Å². The van der Waals surface area contributed by atoms with Crippen LogP contribution in [0.2, 0.25) is 0 Å². The molecule has 3 unspecified atom stereocenters. The number of rotatable bonds is 5. The number of likely N-dealkylation sites (tertiary alicyclic amines) is 1. The first-order chi connectivity index (χ1) is 10.1. The summed E-state index contributed by atoms with van der Waals surface area (Å²) in [4.78, 5) is 29.1. The number of amides is 2. The summed E-state index contributed by atoms with van der Waals surface area (Å²) in [7, 11) is 2.13. The highest BCUT2D eigenvalue weighted by molar-refractivity contribution is 5.96. The van der Waals surface area contributed by atoms with E-state index in [1.165, 1.54) is 6.42 Å². The fraction of sp³-hybridized carbons (Fsp3) is 0.875. The lowest BCUT2D eigenvalue weighted by molar-refractivity contribution is -0.150. The Kier molecular flexibility index (Phi) is 5.62. The van der Waals surface area contributed by atoms with E-state index in [2.05, 4.69) is 17.3 Å². The maximum absolute atomic E-state index is 12.7. The van der Waals surface area contributed by atoms with Crippen molar-refractivity contribution in [3.8, 4) is 0 Å². The molecule has 0 aliphatic carbocycles. The lowest BCUT2D eigenvalue weighted by atomic mass is 9.94. The third-order valence-electron chi connectivity index (χ3n) is 4.72. The Labute approximate surface area is 128 Å². The summed E-state index contributed by atoms with van der Waals surface area (Å²) in [6.07, 6.45) is 4.68. The number of piperidine rings is 1. The van der Waals surface area contributed by atoms with E-state index >= 15 is 0 Å². The minimum absolute atomic E-state index is 0.0275. The average molecular weight is 295 g/mol. The molecule has 2 amide bonds. The molecule has 5 heteroatoms. The van der Waals surface area contributed by atoms with Crippen molar-refractivity contribution in [2.45, 2.75) is 58.0 Å². The molecule has 0 bridgehead atoms. The molecule has 1 N–H and O–H groups in total. The molecule has 0 aromatic carbocycles.